The first-order chi connectivity index (χ1) is 8.63. The molecule has 0 saturated heterocycles. The molecule has 1 aliphatic rings. The van der Waals surface area contributed by atoms with Crippen LogP contribution in [0.3, 0.4) is 0 Å². The fourth-order valence-corrected chi connectivity index (χ4v) is 3.46. The summed E-state index contributed by atoms with van der Waals surface area (Å²) >= 11 is 3.66. The van der Waals surface area contributed by atoms with Gasteiger partial charge in [-0.2, -0.15) is 5.10 Å². The largest absolute Gasteiger partial charge is 0.327 e. The van der Waals surface area contributed by atoms with Crippen LogP contribution in [0.2, 0.25) is 0 Å². The topological polar surface area (TPSA) is 43.8 Å². The zero-order valence-electron chi connectivity index (χ0n) is 11.5. The van der Waals surface area contributed by atoms with E-state index in [-0.39, 0.29) is 6.04 Å². The number of hydrogen-bond acceptors (Lipinski definition) is 2. The van der Waals surface area contributed by atoms with Crippen LogP contribution >= 0.6 is 15.9 Å². The number of aryl methyl sites for hydroxylation is 2. The molecule has 1 heterocycles. The van der Waals surface area contributed by atoms with E-state index in [1.165, 1.54) is 37.8 Å². The van der Waals surface area contributed by atoms with Gasteiger partial charge in [-0.3, -0.25) is 4.68 Å². The van der Waals surface area contributed by atoms with Crippen molar-refractivity contribution in [3.05, 3.63) is 15.9 Å². The van der Waals surface area contributed by atoms with Gasteiger partial charge < -0.3 is 5.73 Å². The van der Waals surface area contributed by atoms with Crippen LogP contribution in [0.15, 0.2) is 4.47 Å². The third-order valence-corrected chi connectivity index (χ3v) is 5.17. The summed E-state index contributed by atoms with van der Waals surface area (Å²) in [5.74, 6) is 0.700. The van der Waals surface area contributed by atoms with Crippen molar-refractivity contribution in [1.29, 1.82) is 0 Å². The van der Waals surface area contributed by atoms with Crippen LogP contribution in [0.4, 0.5) is 0 Å². The molecule has 3 nitrogen and oxygen atoms in total. The molecule has 0 aliphatic heterocycles. The van der Waals surface area contributed by atoms with E-state index in [2.05, 4.69) is 32.6 Å². The smallest absolute Gasteiger partial charge is 0.0738 e. The third kappa shape index (κ3) is 2.97. The quantitative estimate of drug-likeness (QED) is 0.925. The predicted molar refractivity (Wildman–Crippen MR) is 78.6 cm³/mol. The second-order valence-corrected chi connectivity index (χ2v) is 6.22. The maximum Gasteiger partial charge on any atom is 0.0738 e. The second-order valence-electron chi connectivity index (χ2n) is 5.43. The van der Waals surface area contributed by atoms with Gasteiger partial charge in [-0.05, 0) is 48.5 Å². The van der Waals surface area contributed by atoms with Crippen LogP contribution in [0.25, 0.3) is 0 Å². The lowest BCUT2D eigenvalue weighted by molar-refractivity contribution is 0.300. The van der Waals surface area contributed by atoms with Crippen molar-refractivity contribution in [3.8, 4) is 0 Å². The first-order valence-electron chi connectivity index (χ1n) is 7.10. The Kier molecular flexibility index (Phi) is 4.84. The van der Waals surface area contributed by atoms with Gasteiger partial charge >= 0.3 is 0 Å². The molecular weight excluding hydrogens is 290 g/mol. The molecule has 102 valence electrons. The second kappa shape index (κ2) is 6.20. The maximum atomic E-state index is 6.42. The lowest BCUT2D eigenvalue weighted by Crippen LogP contribution is -2.34. The van der Waals surface area contributed by atoms with Crippen molar-refractivity contribution < 1.29 is 0 Å². The Bertz CT molecular complexity index is 394. The van der Waals surface area contributed by atoms with Crippen LogP contribution in [-0.4, -0.2) is 15.8 Å². The van der Waals surface area contributed by atoms with E-state index in [1.54, 1.807) is 0 Å². The van der Waals surface area contributed by atoms with Gasteiger partial charge in [-0.15, -0.1) is 0 Å². The van der Waals surface area contributed by atoms with E-state index >= 15 is 0 Å². The summed E-state index contributed by atoms with van der Waals surface area (Å²) in [4.78, 5) is 0. The molecule has 18 heavy (non-hydrogen) atoms. The molecule has 0 amide bonds. The van der Waals surface area contributed by atoms with Gasteiger partial charge in [-0.25, -0.2) is 0 Å². The number of hydrogen-bond donors (Lipinski definition) is 1. The first kappa shape index (κ1) is 14.1. The van der Waals surface area contributed by atoms with Gasteiger partial charge in [0.1, 0.15) is 0 Å². The minimum atomic E-state index is 0.281. The third-order valence-electron chi connectivity index (χ3n) is 4.14. The van der Waals surface area contributed by atoms with Crippen LogP contribution in [-0.2, 0) is 13.0 Å². The maximum absolute atomic E-state index is 6.42. The number of nitrogens with zero attached hydrogens (tertiary/aromatic N) is 2. The van der Waals surface area contributed by atoms with Crippen molar-refractivity contribution >= 4 is 15.9 Å². The van der Waals surface area contributed by atoms with Crippen LogP contribution in [0.5, 0.6) is 0 Å². The molecule has 4 heteroatoms. The first-order valence-corrected chi connectivity index (χ1v) is 7.90. The summed E-state index contributed by atoms with van der Waals surface area (Å²) in [6.07, 6.45) is 7.64. The highest BCUT2D eigenvalue weighted by molar-refractivity contribution is 9.10. The van der Waals surface area contributed by atoms with E-state index in [9.17, 15) is 0 Å². The minimum Gasteiger partial charge on any atom is -0.327 e. The van der Waals surface area contributed by atoms with Gasteiger partial charge in [0.05, 0.1) is 15.9 Å². The number of nitrogens with two attached hydrogens (primary N) is 1. The Morgan fingerprint density at radius 3 is 2.67 bits per heavy atom. The van der Waals surface area contributed by atoms with Crippen LogP contribution < -0.4 is 5.73 Å². The summed E-state index contributed by atoms with van der Waals surface area (Å²) in [5.41, 5.74) is 8.76. The van der Waals surface area contributed by atoms with Crippen LogP contribution in [0, 0.1) is 12.8 Å². The SMILES string of the molecule is CCn1nc(C)c(Br)c1CC(N)C1CCCCC1. The van der Waals surface area contributed by atoms with Crippen molar-refractivity contribution in [2.24, 2.45) is 11.7 Å². The summed E-state index contributed by atoms with van der Waals surface area (Å²) in [5, 5.41) is 4.54. The Balaban J connectivity index is 2.08. The summed E-state index contributed by atoms with van der Waals surface area (Å²) in [6, 6.07) is 0.281. The highest BCUT2D eigenvalue weighted by atomic mass is 79.9. The molecule has 1 unspecified atom stereocenters. The van der Waals surface area contributed by atoms with E-state index in [4.69, 9.17) is 5.73 Å². The average molecular weight is 314 g/mol. The fraction of sp³-hybridized carbons (Fsp3) is 0.786. The number of aromatic nitrogens is 2. The van der Waals surface area contributed by atoms with Gasteiger partial charge in [0.15, 0.2) is 0 Å². The molecule has 1 atom stereocenters. The average Bonchev–Trinajstić information content (AvgIpc) is 2.67. The van der Waals surface area contributed by atoms with Crippen molar-refractivity contribution in [2.45, 2.75) is 65.0 Å². The molecule has 1 aromatic heterocycles. The molecule has 1 fully saturated rings. The summed E-state index contributed by atoms with van der Waals surface area (Å²) in [7, 11) is 0. The van der Waals surface area contributed by atoms with Gasteiger partial charge in [0.2, 0.25) is 0 Å². The molecule has 1 aromatic rings. The Hall–Kier alpha value is -0.350. The van der Waals surface area contributed by atoms with Crippen molar-refractivity contribution in [3.63, 3.8) is 0 Å². The summed E-state index contributed by atoms with van der Waals surface area (Å²) < 4.78 is 3.23. The zero-order valence-corrected chi connectivity index (χ0v) is 13.0. The highest BCUT2D eigenvalue weighted by Crippen LogP contribution is 2.29. The van der Waals surface area contributed by atoms with Gasteiger partial charge in [0, 0.05) is 19.0 Å². The van der Waals surface area contributed by atoms with E-state index in [1.807, 2.05) is 6.92 Å². The zero-order chi connectivity index (χ0) is 13.1. The van der Waals surface area contributed by atoms with E-state index in [0.29, 0.717) is 5.92 Å². The predicted octanol–water partition coefficient (Wildman–Crippen LogP) is 3.42. The molecular formula is C14H24BrN3. The molecule has 1 saturated carbocycles. The molecule has 2 N–H and O–H groups in total. The minimum absolute atomic E-state index is 0.281. The molecule has 0 aromatic carbocycles. The number of rotatable bonds is 4. The number of halogens is 1. The Labute approximate surface area is 118 Å². The molecule has 0 spiro atoms. The molecule has 1 aliphatic carbocycles. The Morgan fingerprint density at radius 1 is 1.39 bits per heavy atom. The molecule has 0 bridgehead atoms. The molecule has 0 radical (unpaired) electrons. The van der Waals surface area contributed by atoms with Gasteiger partial charge in [-0.1, -0.05) is 19.3 Å². The highest BCUT2D eigenvalue weighted by Gasteiger charge is 2.23. The standard InChI is InChI=1S/C14H24BrN3/c1-3-18-13(14(15)10(2)17-18)9-12(16)11-7-5-4-6-8-11/h11-12H,3-9,16H2,1-2H3. The normalized spacial score (nSPS) is 19.1. The summed E-state index contributed by atoms with van der Waals surface area (Å²) in [6.45, 7) is 5.10. The lowest BCUT2D eigenvalue weighted by atomic mass is 9.82. The monoisotopic (exact) mass is 313 g/mol. The lowest BCUT2D eigenvalue weighted by Gasteiger charge is -2.27. The van der Waals surface area contributed by atoms with Crippen molar-refractivity contribution in [2.75, 3.05) is 0 Å². The molecule has 2 rings (SSSR count). The van der Waals surface area contributed by atoms with Crippen LogP contribution in [0.1, 0.15) is 50.4 Å². The van der Waals surface area contributed by atoms with E-state index in [0.717, 1.165) is 23.1 Å². The van der Waals surface area contributed by atoms with E-state index < -0.39 is 0 Å². The Morgan fingerprint density at radius 2 is 2.06 bits per heavy atom. The fourth-order valence-electron chi connectivity index (χ4n) is 3.02. The van der Waals surface area contributed by atoms with Gasteiger partial charge in [0.25, 0.3) is 0 Å². The van der Waals surface area contributed by atoms with Crippen molar-refractivity contribution in [1.82, 2.24) is 9.78 Å².